The number of allylic oxidation sites excluding steroid dienone is 1. The first-order chi connectivity index (χ1) is 26.2. The topological polar surface area (TPSA) is 153 Å². The van der Waals surface area contributed by atoms with Crippen molar-refractivity contribution in [3.8, 4) is 0 Å². The van der Waals surface area contributed by atoms with E-state index in [2.05, 4.69) is 35.4 Å². The second-order valence-corrected chi connectivity index (χ2v) is 23.5. The van der Waals surface area contributed by atoms with Crippen LogP contribution in [0.15, 0.2) is 12.7 Å². The lowest BCUT2D eigenvalue weighted by Crippen LogP contribution is -2.60. The minimum absolute atomic E-state index is 0.0203. The van der Waals surface area contributed by atoms with Gasteiger partial charge in [0.1, 0.15) is 0 Å². The van der Waals surface area contributed by atoms with E-state index < -0.39 is 55.9 Å². The molecule has 3 aliphatic heterocycles. The van der Waals surface area contributed by atoms with Crippen molar-refractivity contribution < 1.29 is 32.4 Å². The third-order valence-corrected chi connectivity index (χ3v) is 17.6. The van der Waals surface area contributed by atoms with Crippen LogP contribution in [-0.4, -0.2) is 102 Å². The van der Waals surface area contributed by atoms with Gasteiger partial charge in [-0.3, -0.25) is 28.9 Å². The number of rotatable bonds is 14. The molecule has 3 saturated carbocycles. The number of hydrogen-bond acceptors (Lipinski definition) is 8. The van der Waals surface area contributed by atoms with Crippen molar-refractivity contribution in [1.82, 2.24) is 24.1 Å². The zero-order valence-corrected chi connectivity index (χ0v) is 37.3. The number of nitrogens with zero attached hydrogens (tertiary/aromatic N) is 3. The molecule has 57 heavy (non-hydrogen) atoms. The second-order valence-electron chi connectivity index (χ2n) is 21.8. The number of carbonyl (C=O) groups excluding carboxylic acids is 5. The lowest BCUT2D eigenvalue weighted by Gasteiger charge is -2.39. The SMILES string of the molecule is C=C[C@@H]1C[C@]1(CC(=O)[C@@H]1C[C@@]2(CN1C(=O)[C@@H](CC(=O)[C@@H](NC(=O)C(C)(C)N1CCCC1)C(C)(C)C)C(C)(C)C)C(C)(C)C21CCC1)C(=O)NS(=O)(=O)N1CCCC1. The van der Waals surface area contributed by atoms with E-state index in [-0.39, 0.29) is 58.4 Å². The first-order valence-electron chi connectivity index (χ1n) is 21.6. The highest BCUT2D eigenvalue weighted by atomic mass is 32.2. The van der Waals surface area contributed by atoms with E-state index in [9.17, 15) is 27.6 Å². The Morgan fingerprint density at radius 1 is 0.825 bits per heavy atom. The van der Waals surface area contributed by atoms with Gasteiger partial charge in [0.15, 0.2) is 11.6 Å². The van der Waals surface area contributed by atoms with Gasteiger partial charge in [-0.05, 0) is 106 Å². The summed E-state index contributed by atoms with van der Waals surface area (Å²) in [7, 11) is -4.06. The highest BCUT2D eigenvalue weighted by molar-refractivity contribution is 7.87. The molecule has 0 aromatic carbocycles. The van der Waals surface area contributed by atoms with Gasteiger partial charge in [-0.15, -0.1) is 6.58 Å². The lowest BCUT2D eigenvalue weighted by molar-refractivity contribution is -0.147. The van der Waals surface area contributed by atoms with Crippen LogP contribution in [0.4, 0.5) is 0 Å². The fraction of sp³-hybridized carbons (Fsp3) is 0.841. The van der Waals surface area contributed by atoms with Crippen LogP contribution in [0.2, 0.25) is 0 Å². The Hall–Kier alpha value is -2.64. The number of amides is 3. The van der Waals surface area contributed by atoms with Gasteiger partial charge in [0.2, 0.25) is 17.7 Å². The molecule has 3 saturated heterocycles. The van der Waals surface area contributed by atoms with E-state index in [1.165, 1.54) is 4.31 Å². The molecule has 0 aromatic rings. The molecule has 6 aliphatic rings. The minimum Gasteiger partial charge on any atom is -0.344 e. The van der Waals surface area contributed by atoms with Gasteiger partial charge in [0, 0.05) is 43.8 Å². The van der Waals surface area contributed by atoms with Crippen molar-refractivity contribution in [1.29, 1.82) is 0 Å². The van der Waals surface area contributed by atoms with Crippen molar-refractivity contribution in [2.45, 2.75) is 157 Å². The first kappa shape index (κ1) is 43.9. The molecule has 0 aromatic heterocycles. The maximum atomic E-state index is 15.2. The standard InChI is InChI=1S/C44H71N5O7S/c1-12-29-25-42(29,37(54)46-57(55,56)48-22-15-16-23-48)27-33(51)31-26-44(41(10,11)43(44)18-17-19-43)28-49(31)35(52)30(38(2,3)4)24-32(50)34(39(5,6)7)45-36(53)40(8,9)47-20-13-14-21-47/h12,29-31,34H,1,13-28H2,2-11H3,(H,45,53)(H,46,54)/t29-,30-,31+,34-,42-,44-/m1/s1. The Morgan fingerprint density at radius 3 is 1.88 bits per heavy atom. The van der Waals surface area contributed by atoms with Gasteiger partial charge in [-0.1, -0.05) is 67.9 Å². The smallest absolute Gasteiger partial charge is 0.303 e. The molecule has 3 heterocycles. The number of hydrogen-bond donors (Lipinski definition) is 2. The molecular formula is C44H71N5O7S. The predicted octanol–water partition coefficient (Wildman–Crippen LogP) is 5.42. The number of ketones is 2. The maximum absolute atomic E-state index is 15.2. The summed E-state index contributed by atoms with van der Waals surface area (Å²) in [6.07, 6.45) is 8.76. The van der Waals surface area contributed by atoms with E-state index in [4.69, 9.17) is 0 Å². The normalized spacial score (nSPS) is 30.8. The molecule has 12 nitrogen and oxygen atoms in total. The Kier molecular flexibility index (Phi) is 11.2. The summed E-state index contributed by atoms with van der Waals surface area (Å²) in [6, 6.07) is -1.66. The molecule has 6 atom stereocenters. The molecule has 320 valence electrons. The lowest BCUT2D eigenvalue weighted by atomic mass is 9.73. The quantitative estimate of drug-likeness (QED) is 0.221. The zero-order valence-electron chi connectivity index (χ0n) is 36.5. The summed E-state index contributed by atoms with van der Waals surface area (Å²) in [4.78, 5) is 76.2. The maximum Gasteiger partial charge on any atom is 0.303 e. The van der Waals surface area contributed by atoms with Crippen LogP contribution >= 0.6 is 0 Å². The zero-order chi connectivity index (χ0) is 42.4. The molecule has 0 unspecified atom stereocenters. The number of nitrogens with one attached hydrogen (secondary N) is 2. The van der Waals surface area contributed by atoms with E-state index in [0.29, 0.717) is 32.5 Å². The van der Waals surface area contributed by atoms with Crippen LogP contribution in [-0.2, 0) is 34.2 Å². The minimum atomic E-state index is -4.06. The molecule has 3 aliphatic carbocycles. The molecule has 3 amide bonds. The van der Waals surface area contributed by atoms with Gasteiger partial charge >= 0.3 is 10.2 Å². The number of fused-ring (bicyclic) bond motifs is 1. The summed E-state index contributed by atoms with van der Waals surface area (Å²) in [5.41, 5.74) is -3.72. The van der Waals surface area contributed by atoms with Crippen LogP contribution in [0.1, 0.15) is 140 Å². The van der Waals surface area contributed by atoms with Gasteiger partial charge in [0.05, 0.1) is 23.0 Å². The summed E-state index contributed by atoms with van der Waals surface area (Å²) >= 11 is 0. The molecule has 2 spiro atoms. The molecular weight excluding hydrogens is 743 g/mol. The number of Topliss-reactive ketones (excluding diaryl/α,β-unsaturated/α-hetero) is 2. The van der Waals surface area contributed by atoms with Crippen molar-refractivity contribution in [2.24, 2.45) is 44.3 Å². The summed E-state index contributed by atoms with van der Waals surface area (Å²) < 4.78 is 29.9. The van der Waals surface area contributed by atoms with Crippen LogP contribution in [0, 0.1) is 44.3 Å². The van der Waals surface area contributed by atoms with Gasteiger partial charge in [-0.25, -0.2) is 4.72 Å². The third-order valence-electron chi connectivity index (χ3n) is 16.1. The predicted molar refractivity (Wildman–Crippen MR) is 220 cm³/mol. The van der Waals surface area contributed by atoms with Gasteiger partial charge in [0.25, 0.3) is 0 Å². The van der Waals surface area contributed by atoms with Crippen molar-refractivity contribution >= 4 is 39.5 Å². The third kappa shape index (κ3) is 7.25. The van der Waals surface area contributed by atoms with Crippen molar-refractivity contribution in [2.75, 3.05) is 32.7 Å². The fourth-order valence-electron chi connectivity index (χ4n) is 11.7. The molecule has 13 heteroatoms. The highest BCUT2D eigenvalue weighted by Crippen LogP contribution is 2.88. The molecule has 2 N–H and O–H groups in total. The van der Waals surface area contributed by atoms with Crippen LogP contribution < -0.4 is 10.0 Å². The fourth-order valence-corrected chi connectivity index (χ4v) is 13.0. The van der Waals surface area contributed by atoms with E-state index >= 15 is 4.79 Å². The average molecular weight is 814 g/mol. The molecule has 6 fully saturated rings. The van der Waals surface area contributed by atoms with E-state index in [0.717, 1.165) is 58.0 Å². The Labute approximate surface area is 342 Å². The van der Waals surface area contributed by atoms with Crippen LogP contribution in [0.5, 0.6) is 0 Å². The summed E-state index contributed by atoms with van der Waals surface area (Å²) in [6.45, 7) is 26.5. The molecule has 0 radical (unpaired) electrons. The Balaban J connectivity index is 1.27. The summed E-state index contributed by atoms with van der Waals surface area (Å²) in [5, 5.41) is 3.11. The van der Waals surface area contributed by atoms with Crippen molar-refractivity contribution in [3.05, 3.63) is 12.7 Å². The average Bonchev–Trinajstić information content (AvgIpc) is 3.55. The van der Waals surface area contributed by atoms with Crippen LogP contribution in [0.3, 0.4) is 0 Å². The number of likely N-dealkylation sites (tertiary alicyclic amines) is 2. The Bertz CT molecular complexity index is 1780. The first-order valence-corrected chi connectivity index (χ1v) is 23.0. The van der Waals surface area contributed by atoms with Crippen molar-refractivity contribution in [3.63, 3.8) is 0 Å². The summed E-state index contributed by atoms with van der Waals surface area (Å²) in [5.74, 6) is -2.79. The molecule has 6 rings (SSSR count). The molecule has 0 bridgehead atoms. The van der Waals surface area contributed by atoms with Gasteiger partial charge in [-0.2, -0.15) is 12.7 Å². The van der Waals surface area contributed by atoms with Gasteiger partial charge < -0.3 is 10.2 Å². The largest absolute Gasteiger partial charge is 0.344 e. The van der Waals surface area contributed by atoms with E-state index in [1.54, 1.807) is 11.0 Å². The highest BCUT2D eigenvalue weighted by Gasteiger charge is 2.85. The Morgan fingerprint density at radius 2 is 1.40 bits per heavy atom. The monoisotopic (exact) mass is 814 g/mol. The van der Waals surface area contributed by atoms with E-state index in [1.807, 2.05) is 55.4 Å². The van der Waals surface area contributed by atoms with Crippen LogP contribution in [0.25, 0.3) is 0 Å². The number of carbonyl (C=O) groups is 5. The second kappa shape index (κ2) is 14.5.